The molecule has 0 aliphatic rings. The molecule has 4 rings (SSSR count). The van der Waals surface area contributed by atoms with Crippen LogP contribution in [-0.4, -0.2) is 26.2 Å². The Labute approximate surface area is 138 Å². The molecule has 0 spiro atoms. The van der Waals surface area contributed by atoms with Crippen LogP contribution in [0.3, 0.4) is 0 Å². The summed E-state index contributed by atoms with van der Waals surface area (Å²) in [5.74, 6) is 1.41. The number of aryl methyl sites for hydroxylation is 2. The van der Waals surface area contributed by atoms with Gasteiger partial charge in [0, 0.05) is 30.5 Å². The fourth-order valence-electron chi connectivity index (χ4n) is 2.99. The quantitative estimate of drug-likeness (QED) is 0.569. The molecule has 6 heteroatoms. The number of ether oxygens (including phenoxy) is 1. The molecular weight excluding hydrogens is 304 g/mol. The van der Waals surface area contributed by atoms with Crippen LogP contribution in [0.2, 0.25) is 0 Å². The minimum atomic E-state index is -0.0873. The van der Waals surface area contributed by atoms with Crippen LogP contribution in [-0.2, 0) is 7.05 Å². The second kappa shape index (κ2) is 5.19. The van der Waals surface area contributed by atoms with Gasteiger partial charge >= 0.3 is 0 Å². The van der Waals surface area contributed by atoms with E-state index in [4.69, 9.17) is 4.74 Å². The minimum absolute atomic E-state index is 0.0873. The average Bonchev–Trinajstić information content (AvgIpc) is 2.98. The molecule has 3 heterocycles. The van der Waals surface area contributed by atoms with Crippen molar-refractivity contribution < 1.29 is 4.74 Å². The van der Waals surface area contributed by atoms with E-state index in [1.54, 1.807) is 17.9 Å². The third-order valence-electron chi connectivity index (χ3n) is 4.11. The fourth-order valence-corrected chi connectivity index (χ4v) is 2.99. The number of hydrogen-bond donors (Lipinski definition) is 0. The van der Waals surface area contributed by atoms with E-state index in [-0.39, 0.29) is 5.56 Å². The summed E-state index contributed by atoms with van der Waals surface area (Å²) in [5, 5.41) is 1.48. The molecule has 0 radical (unpaired) electrons. The van der Waals surface area contributed by atoms with Gasteiger partial charge in [-0.2, -0.15) is 0 Å². The summed E-state index contributed by atoms with van der Waals surface area (Å²) in [7, 11) is 3.51. The third kappa shape index (κ3) is 2.07. The van der Waals surface area contributed by atoms with E-state index >= 15 is 0 Å². The van der Waals surface area contributed by atoms with Crippen LogP contribution in [0.1, 0.15) is 5.82 Å². The lowest BCUT2D eigenvalue weighted by atomic mass is 10.2. The maximum absolute atomic E-state index is 13.1. The number of methoxy groups -OCH3 is 1. The SMILES string of the molecule is COc1ccc(-n2c(=O)c3cn(C)cc3c3nc(C)ncc32)cc1. The zero-order valence-electron chi connectivity index (χ0n) is 13.6. The number of nitrogens with zero attached hydrogens (tertiary/aromatic N) is 4. The van der Waals surface area contributed by atoms with Gasteiger partial charge in [0.15, 0.2) is 0 Å². The Morgan fingerprint density at radius 2 is 1.79 bits per heavy atom. The molecule has 0 aliphatic heterocycles. The Morgan fingerprint density at radius 1 is 1.08 bits per heavy atom. The van der Waals surface area contributed by atoms with E-state index < -0.39 is 0 Å². The topological polar surface area (TPSA) is 61.9 Å². The Morgan fingerprint density at radius 3 is 2.50 bits per heavy atom. The molecule has 0 atom stereocenters. The van der Waals surface area contributed by atoms with Gasteiger partial charge in [-0.15, -0.1) is 0 Å². The van der Waals surface area contributed by atoms with Crippen molar-refractivity contribution >= 4 is 21.8 Å². The summed E-state index contributed by atoms with van der Waals surface area (Å²) < 4.78 is 8.72. The lowest BCUT2D eigenvalue weighted by molar-refractivity contribution is 0.415. The number of aromatic nitrogens is 4. The maximum Gasteiger partial charge on any atom is 0.265 e. The molecule has 0 saturated carbocycles. The van der Waals surface area contributed by atoms with Crippen LogP contribution >= 0.6 is 0 Å². The molecule has 120 valence electrons. The molecule has 3 aromatic heterocycles. The molecule has 0 bridgehead atoms. The first kappa shape index (κ1) is 14.4. The lowest BCUT2D eigenvalue weighted by Crippen LogP contribution is -2.19. The lowest BCUT2D eigenvalue weighted by Gasteiger charge is -2.11. The van der Waals surface area contributed by atoms with Crippen LogP contribution in [0.15, 0.2) is 47.7 Å². The van der Waals surface area contributed by atoms with Gasteiger partial charge in [-0.3, -0.25) is 9.36 Å². The highest BCUT2D eigenvalue weighted by Gasteiger charge is 2.15. The Hall–Kier alpha value is -3.15. The highest BCUT2D eigenvalue weighted by Crippen LogP contribution is 2.24. The van der Waals surface area contributed by atoms with Crippen LogP contribution in [0.5, 0.6) is 5.75 Å². The van der Waals surface area contributed by atoms with Crippen molar-refractivity contribution in [1.29, 1.82) is 0 Å². The van der Waals surface area contributed by atoms with Gasteiger partial charge in [0.05, 0.1) is 24.2 Å². The average molecular weight is 320 g/mol. The number of rotatable bonds is 2. The second-order valence-electron chi connectivity index (χ2n) is 5.74. The number of hydrogen-bond acceptors (Lipinski definition) is 4. The Kier molecular flexibility index (Phi) is 3.13. The fraction of sp³-hybridized carbons (Fsp3) is 0.167. The first-order valence-electron chi connectivity index (χ1n) is 7.57. The number of benzene rings is 1. The monoisotopic (exact) mass is 320 g/mol. The Bertz CT molecular complexity index is 1120. The van der Waals surface area contributed by atoms with Crippen molar-refractivity contribution in [2.45, 2.75) is 6.92 Å². The molecule has 0 unspecified atom stereocenters. The second-order valence-corrected chi connectivity index (χ2v) is 5.74. The van der Waals surface area contributed by atoms with Crippen molar-refractivity contribution in [2.75, 3.05) is 7.11 Å². The van der Waals surface area contributed by atoms with E-state index in [1.165, 1.54) is 0 Å². The van der Waals surface area contributed by atoms with Crippen molar-refractivity contribution in [3.05, 3.63) is 59.0 Å². The first-order chi connectivity index (χ1) is 11.6. The zero-order valence-corrected chi connectivity index (χ0v) is 13.6. The molecule has 0 aliphatic carbocycles. The number of fused-ring (bicyclic) bond motifs is 3. The molecule has 0 amide bonds. The Balaban J connectivity index is 2.16. The first-order valence-corrected chi connectivity index (χ1v) is 7.57. The minimum Gasteiger partial charge on any atom is -0.497 e. The van der Waals surface area contributed by atoms with Gasteiger partial charge in [0.2, 0.25) is 0 Å². The van der Waals surface area contributed by atoms with Gasteiger partial charge in [-0.25, -0.2) is 9.97 Å². The summed E-state index contributed by atoms with van der Waals surface area (Å²) in [4.78, 5) is 21.9. The highest BCUT2D eigenvalue weighted by molar-refractivity contribution is 6.03. The summed E-state index contributed by atoms with van der Waals surface area (Å²) in [5.41, 5.74) is 2.13. The number of pyridine rings is 1. The maximum atomic E-state index is 13.1. The predicted octanol–water partition coefficient (Wildman–Crippen LogP) is 2.59. The van der Waals surface area contributed by atoms with Crippen molar-refractivity contribution in [2.24, 2.45) is 7.05 Å². The summed E-state index contributed by atoms with van der Waals surface area (Å²) in [6.45, 7) is 1.84. The van der Waals surface area contributed by atoms with Gasteiger partial charge in [-0.1, -0.05) is 0 Å². The molecular formula is C18H16N4O2. The predicted molar refractivity (Wildman–Crippen MR) is 92.9 cm³/mol. The molecule has 6 nitrogen and oxygen atoms in total. The van der Waals surface area contributed by atoms with Gasteiger partial charge in [0.1, 0.15) is 17.1 Å². The summed E-state index contributed by atoms with van der Waals surface area (Å²) in [6.07, 6.45) is 5.45. The highest BCUT2D eigenvalue weighted by atomic mass is 16.5. The molecule has 24 heavy (non-hydrogen) atoms. The van der Waals surface area contributed by atoms with Crippen LogP contribution in [0, 0.1) is 6.92 Å². The van der Waals surface area contributed by atoms with Crippen LogP contribution in [0.25, 0.3) is 27.5 Å². The summed E-state index contributed by atoms with van der Waals surface area (Å²) in [6, 6.07) is 7.37. The summed E-state index contributed by atoms with van der Waals surface area (Å²) >= 11 is 0. The van der Waals surface area contributed by atoms with E-state index in [0.717, 1.165) is 22.3 Å². The largest absolute Gasteiger partial charge is 0.497 e. The third-order valence-corrected chi connectivity index (χ3v) is 4.11. The molecule has 0 fully saturated rings. The van der Waals surface area contributed by atoms with E-state index in [0.29, 0.717) is 16.7 Å². The van der Waals surface area contributed by atoms with E-state index in [9.17, 15) is 4.79 Å². The van der Waals surface area contributed by atoms with E-state index in [1.807, 2.05) is 55.2 Å². The van der Waals surface area contributed by atoms with Crippen LogP contribution in [0.4, 0.5) is 0 Å². The van der Waals surface area contributed by atoms with Crippen LogP contribution < -0.4 is 10.3 Å². The molecule has 0 N–H and O–H groups in total. The standard InChI is InChI=1S/C18H16N4O2/c1-11-19-8-16-17(20-11)14-9-21(2)10-15(14)18(23)22(16)12-4-6-13(24-3)7-5-12/h4-10H,1-3H3. The molecule has 1 aromatic carbocycles. The smallest absolute Gasteiger partial charge is 0.265 e. The normalized spacial score (nSPS) is 11.3. The van der Waals surface area contributed by atoms with Gasteiger partial charge in [0.25, 0.3) is 5.56 Å². The van der Waals surface area contributed by atoms with Crippen molar-refractivity contribution in [3.63, 3.8) is 0 Å². The van der Waals surface area contributed by atoms with Gasteiger partial charge in [-0.05, 0) is 31.2 Å². The van der Waals surface area contributed by atoms with E-state index in [2.05, 4.69) is 9.97 Å². The van der Waals surface area contributed by atoms with Crippen molar-refractivity contribution in [3.8, 4) is 11.4 Å². The van der Waals surface area contributed by atoms with Crippen molar-refractivity contribution in [1.82, 2.24) is 19.1 Å². The molecule has 4 aromatic rings. The van der Waals surface area contributed by atoms with Gasteiger partial charge < -0.3 is 9.30 Å². The zero-order chi connectivity index (χ0) is 16.8. The molecule has 0 saturated heterocycles.